The second-order valence-corrected chi connectivity index (χ2v) is 17.5. The van der Waals surface area contributed by atoms with Gasteiger partial charge in [-0.3, -0.25) is 4.79 Å². The molecule has 10 atom stereocenters. The fourth-order valence-electron chi connectivity index (χ4n) is 13.3. The minimum atomic E-state index is -4.87. The lowest BCUT2D eigenvalue weighted by molar-refractivity contribution is -0.221. The Hall–Kier alpha value is -2.35. The third-order valence-corrected chi connectivity index (χ3v) is 15.5. The summed E-state index contributed by atoms with van der Waals surface area (Å²) in [5.74, 6) is -0.468. The molecule has 5 aliphatic rings. The highest BCUT2D eigenvalue weighted by atomic mass is 19.4. The Balaban J connectivity index is 1.32. The molecule has 48 heavy (non-hydrogen) atoms. The molecule has 4 fully saturated rings. The lowest BCUT2D eigenvalue weighted by Crippen LogP contribution is -2.68. The predicted octanol–water partition coefficient (Wildman–Crippen LogP) is 8.98. The molecule has 10 unspecified atom stereocenters. The Morgan fingerprint density at radius 1 is 0.917 bits per heavy atom. The minimum Gasteiger partial charge on any atom is -0.465 e. The molecule has 0 spiro atoms. The van der Waals surface area contributed by atoms with Gasteiger partial charge in [-0.25, -0.2) is 4.79 Å². The first-order valence-corrected chi connectivity index (χ1v) is 18.4. The second kappa shape index (κ2) is 11.9. The van der Waals surface area contributed by atoms with Crippen molar-refractivity contribution in [3.8, 4) is 0 Å². The van der Waals surface area contributed by atoms with E-state index in [1.54, 1.807) is 6.92 Å². The summed E-state index contributed by atoms with van der Waals surface area (Å²) in [6.45, 7) is 17.3. The molecule has 6 rings (SSSR count). The van der Waals surface area contributed by atoms with Crippen molar-refractivity contribution in [1.29, 1.82) is 0 Å². The number of esters is 1. The zero-order valence-corrected chi connectivity index (χ0v) is 30.3. The Morgan fingerprint density at radius 2 is 1.60 bits per heavy atom. The molecule has 0 bridgehead atoms. The number of hydrogen-bond donors (Lipinski definition) is 2. The van der Waals surface area contributed by atoms with Gasteiger partial charge in [0.25, 0.3) is 0 Å². The lowest BCUT2D eigenvalue weighted by atomic mass is 9.33. The van der Waals surface area contributed by atoms with Gasteiger partial charge in [0.15, 0.2) is 0 Å². The van der Waals surface area contributed by atoms with Crippen LogP contribution in [0.1, 0.15) is 122 Å². The largest absolute Gasteiger partial charge is 0.471 e. The fraction of sp³-hybridized carbons (Fsp3) is 0.750. The van der Waals surface area contributed by atoms with E-state index >= 15 is 0 Å². The number of alkyl halides is 3. The first-order valence-electron chi connectivity index (χ1n) is 18.4. The maximum absolute atomic E-state index is 13.4. The zero-order valence-electron chi connectivity index (χ0n) is 30.3. The van der Waals surface area contributed by atoms with Crippen LogP contribution in [0.15, 0.2) is 30.3 Å². The average molecular weight is 671 g/mol. The molecule has 0 saturated heterocycles. The van der Waals surface area contributed by atoms with Gasteiger partial charge < -0.3 is 15.4 Å². The van der Waals surface area contributed by atoms with Crippen LogP contribution in [0.5, 0.6) is 0 Å². The molecule has 5 aliphatic carbocycles. The Kier molecular flexibility index (Phi) is 8.77. The van der Waals surface area contributed by atoms with E-state index < -0.39 is 18.1 Å². The maximum Gasteiger partial charge on any atom is 0.471 e. The van der Waals surface area contributed by atoms with Crippen LogP contribution in [0.3, 0.4) is 0 Å². The van der Waals surface area contributed by atoms with Crippen LogP contribution in [0.4, 0.5) is 13.2 Å². The van der Waals surface area contributed by atoms with Crippen molar-refractivity contribution in [2.45, 2.75) is 124 Å². The number of carbonyl (C=O) groups excluding carboxylic acids is 2. The monoisotopic (exact) mass is 670 g/mol. The molecule has 1 amide bonds. The predicted molar refractivity (Wildman–Crippen MR) is 183 cm³/mol. The Bertz CT molecular complexity index is 1450. The van der Waals surface area contributed by atoms with E-state index in [-0.39, 0.29) is 45.0 Å². The third-order valence-electron chi connectivity index (χ3n) is 15.5. The smallest absolute Gasteiger partial charge is 0.465 e. The molecule has 4 saturated carbocycles. The van der Waals surface area contributed by atoms with Crippen molar-refractivity contribution in [3.05, 3.63) is 41.5 Å². The van der Waals surface area contributed by atoms with Gasteiger partial charge in [-0.05, 0) is 146 Å². The number of halogens is 3. The molecule has 266 valence electrons. The molecule has 0 aliphatic heterocycles. The van der Waals surface area contributed by atoms with Gasteiger partial charge in [-0.2, -0.15) is 13.2 Å². The number of fused-ring (bicyclic) bond motifs is 7. The van der Waals surface area contributed by atoms with E-state index in [9.17, 15) is 22.8 Å². The first-order chi connectivity index (χ1) is 22.4. The minimum absolute atomic E-state index is 0.0109. The van der Waals surface area contributed by atoms with Gasteiger partial charge in [0.2, 0.25) is 0 Å². The number of rotatable bonds is 6. The van der Waals surface area contributed by atoms with Crippen LogP contribution >= 0.6 is 0 Å². The van der Waals surface area contributed by atoms with E-state index in [0.29, 0.717) is 23.3 Å². The van der Waals surface area contributed by atoms with Gasteiger partial charge >= 0.3 is 18.1 Å². The van der Waals surface area contributed by atoms with Crippen LogP contribution in [-0.2, 0) is 9.53 Å². The van der Waals surface area contributed by atoms with Gasteiger partial charge in [-0.1, -0.05) is 59.8 Å². The highest BCUT2D eigenvalue weighted by Gasteiger charge is 2.70. The molecule has 5 nitrogen and oxygen atoms in total. The molecule has 1 aromatic rings. The van der Waals surface area contributed by atoms with Gasteiger partial charge in [0, 0.05) is 11.6 Å². The molecule has 2 N–H and O–H groups in total. The van der Waals surface area contributed by atoms with Crippen molar-refractivity contribution in [3.63, 3.8) is 0 Å². The highest BCUT2D eigenvalue weighted by molar-refractivity contribution is 5.90. The second-order valence-electron chi connectivity index (χ2n) is 17.5. The number of allylic oxidation sites excluding steroid dienone is 2. The lowest BCUT2D eigenvalue weighted by Gasteiger charge is -2.72. The number of hydrogen-bond acceptors (Lipinski definition) is 4. The van der Waals surface area contributed by atoms with Gasteiger partial charge in [-0.15, -0.1) is 0 Å². The molecular formula is C40H57F3N2O3. The van der Waals surface area contributed by atoms with Crippen molar-refractivity contribution >= 4 is 17.4 Å². The molecule has 0 aromatic heterocycles. The summed E-state index contributed by atoms with van der Waals surface area (Å²) in [6.07, 6.45) is 7.09. The summed E-state index contributed by atoms with van der Waals surface area (Å²) in [4.78, 5) is 24.2. The van der Waals surface area contributed by atoms with E-state index in [1.807, 2.05) is 12.1 Å². The van der Waals surface area contributed by atoms with Crippen LogP contribution in [0, 0.1) is 51.2 Å². The highest BCUT2D eigenvalue weighted by Crippen LogP contribution is 2.76. The van der Waals surface area contributed by atoms with E-state index in [4.69, 9.17) is 4.74 Å². The zero-order chi connectivity index (χ0) is 35.1. The number of benzene rings is 1. The normalized spacial score (nSPS) is 40.7. The number of methoxy groups -OCH3 is 1. The summed E-state index contributed by atoms with van der Waals surface area (Å²) in [6, 6.07) is 7.34. The van der Waals surface area contributed by atoms with Crippen LogP contribution in [-0.4, -0.2) is 43.3 Å². The molecule has 0 radical (unpaired) electrons. The summed E-state index contributed by atoms with van der Waals surface area (Å²) in [7, 11) is 1.41. The summed E-state index contributed by atoms with van der Waals surface area (Å²) in [5, 5.41) is 6.28. The third kappa shape index (κ3) is 5.11. The topological polar surface area (TPSA) is 67.4 Å². The van der Waals surface area contributed by atoms with Gasteiger partial charge in [0.05, 0.1) is 12.7 Å². The summed E-state index contributed by atoms with van der Waals surface area (Å²) >= 11 is 0. The Morgan fingerprint density at radius 3 is 2.23 bits per heavy atom. The van der Waals surface area contributed by atoms with Crippen LogP contribution in [0.2, 0.25) is 0 Å². The number of ether oxygens (including phenoxy) is 1. The van der Waals surface area contributed by atoms with Crippen molar-refractivity contribution < 1.29 is 27.5 Å². The van der Waals surface area contributed by atoms with E-state index in [0.717, 1.165) is 64.3 Å². The first kappa shape index (κ1) is 35.5. The van der Waals surface area contributed by atoms with Gasteiger partial charge in [0.1, 0.15) is 0 Å². The quantitative estimate of drug-likeness (QED) is 0.297. The summed E-state index contributed by atoms with van der Waals surface area (Å²) in [5.41, 5.74) is 3.25. The van der Waals surface area contributed by atoms with Crippen molar-refractivity contribution in [2.24, 2.45) is 51.2 Å². The number of nitrogens with one attached hydrogen (secondary N) is 2. The van der Waals surface area contributed by atoms with Crippen LogP contribution < -0.4 is 10.6 Å². The van der Waals surface area contributed by atoms with Crippen molar-refractivity contribution in [1.82, 2.24) is 10.6 Å². The standard InChI is InChI=1S/C40H57F3N2O3/c1-9-44-39-21-16-27(24(2)45-34(47)40(41,42)43)32(39)29-14-15-31-36(5)19-17-28(25-10-12-26(13-11-25)33(46)48-8)35(3,4)30(36)18-20-38(31,7)37(29,6)22-23-39/h10-13,17,24,27,29-32,44H,9,14-16,18-23H2,1-8H3,(H,45,47). The van der Waals surface area contributed by atoms with Crippen LogP contribution in [0.25, 0.3) is 5.57 Å². The van der Waals surface area contributed by atoms with E-state index in [2.05, 4.69) is 70.4 Å². The van der Waals surface area contributed by atoms with E-state index in [1.165, 1.54) is 18.2 Å². The SMILES string of the molecule is CCNC12CCC(C(C)NC(=O)C(F)(F)F)C1C1CCC3C4(C)CC=C(c5ccc(C(=O)OC)cc5)C(C)(C)C4CCC3(C)C1(C)CC2. The van der Waals surface area contributed by atoms with Crippen molar-refractivity contribution in [2.75, 3.05) is 13.7 Å². The number of carbonyl (C=O) groups is 2. The Labute approximate surface area is 285 Å². The maximum atomic E-state index is 13.4. The number of amides is 1. The molecule has 1 aromatic carbocycles. The molecular weight excluding hydrogens is 613 g/mol. The fourth-order valence-corrected chi connectivity index (χ4v) is 13.3. The average Bonchev–Trinajstić information content (AvgIpc) is 3.40. The molecule has 0 heterocycles. The summed E-state index contributed by atoms with van der Waals surface area (Å²) < 4.78 is 45.0. The molecule has 8 heteroatoms.